The zero-order valence-corrected chi connectivity index (χ0v) is 12.4. The maximum atomic E-state index is 11.4. The lowest BCUT2D eigenvalue weighted by atomic mass is 10.0. The van der Waals surface area contributed by atoms with Gasteiger partial charge in [0.2, 0.25) is 0 Å². The molecule has 0 saturated heterocycles. The molecule has 0 fully saturated rings. The molecule has 0 saturated carbocycles. The number of amides is 1. The summed E-state index contributed by atoms with van der Waals surface area (Å²) in [4.78, 5) is 11.4. The highest BCUT2D eigenvalue weighted by atomic mass is 32.1. The number of aliphatic hydroxyl groups is 1. The number of nitrogens with two attached hydrogens (primary N) is 1. The van der Waals surface area contributed by atoms with Gasteiger partial charge in [0.25, 0.3) is 0 Å². The smallest absolute Gasteiger partial charge is 0.407 e. The van der Waals surface area contributed by atoms with Crippen molar-refractivity contribution in [3.8, 4) is 0 Å². The van der Waals surface area contributed by atoms with E-state index in [4.69, 9.17) is 10.5 Å². The Hall–Kier alpha value is -1.11. The van der Waals surface area contributed by atoms with E-state index in [1.165, 1.54) is 11.3 Å². The summed E-state index contributed by atoms with van der Waals surface area (Å²) in [5.74, 6) is 0. The normalized spacial score (nSPS) is 14.8. The van der Waals surface area contributed by atoms with Crippen molar-refractivity contribution in [3.05, 3.63) is 22.4 Å². The van der Waals surface area contributed by atoms with E-state index in [1.807, 2.05) is 16.8 Å². The predicted octanol–water partition coefficient (Wildman–Crippen LogP) is 2.02. The van der Waals surface area contributed by atoms with Crippen molar-refractivity contribution in [1.29, 1.82) is 0 Å². The van der Waals surface area contributed by atoms with Crippen molar-refractivity contribution in [1.82, 2.24) is 5.32 Å². The van der Waals surface area contributed by atoms with E-state index in [9.17, 15) is 9.90 Å². The molecule has 0 bridgehead atoms. The van der Waals surface area contributed by atoms with Gasteiger partial charge in [0.15, 0.2) is 0 Å². The van der Waals surface area contributed by atoms with Crippen molar-refractivity contribution < 1.29 is 14.6 Å². The fraction of sp³-hybridized carbons (Fsp3) is 0.615. The second-order valence-electron chi connectivity index (χ2n) is 5.38. The Morgan fingerprint density at radius 2 is 2.26 bits per heavy atom. The zero-order valence-electron chi connectivity index (χ0n) is 11.6. The molecule has 0 radical (unpaired) electrons. The number of hydrogen-bond donors (Lipinski definition) is 3. The van der Waals surface area contributed by atoms with E-state index in [0.29, 0.717) is 13.0 Å². The Labute approximate surface area is 117 Å². The lowest BCUT2D eigenvalue weighted by Gasteiger charge is -2.21. The first-order chi connectivity index (χ1) is 8.79. The lowest BCUT2D eigenvalue weighted by Crippen LogP contribution is -2.37. The molecule has 1 aromatic heterocycles. The van der Waals surface area contributed by atoms with Gasteiger partial charge >= 0.3 is 6.09 Å². The molecule has 4 N–H and O–H groups in total. The molecule has 0 aliphatic carbocycles. The van der Waals surface area contributed by atoms with Gasteiger partial charge in [-0.3, -0.25) is 0 Å². The van der Waals surface area contributed by atoms with Crippen LogP contribution < -0.4 is 11.1 Å². The fourth-order valence-corrected chi connectivity index (χ4v) is 2.19. The average molecular weight is 286 g/mol. The Kier molecular flexibility index (Phi) is 5.78. The van der Waals surface area contributed by atoms with E-state index in [-0.39, 0.29) is 0 Å². The number of aliphatic hydroxyl groups excluding tert-OH is 1. The van der Waals surface area contributed by atoms with E-state index in [2.05, 4.69) is 5.32 Å². The number of hydrogen-bond acceptors (Lipinski definition) is 5. The lowest BCUT2D eigenvalue weighted by molar-refractivity contribution is 0.0521. The number of alkyl carbamates (subject to hydrolysis) is 1. The van der Waals surface area contributed by atoms with Crippen LogP contribution in [0.25, 0.3) is 0 Å². The number of nitrogens with one attached hydrogen (secondary N) is 1. The topological polar surface area (TPSA) is 84.6 Å². The maximum Gasteiger partial charge on any atom is 0.407 e. The molecule has 0 aromatic carbocycles. The summed E-state index contributed by atoms with van der Waals surface area (Å²) in [6.45, 7) is 5.78. The van der Waals surface area contributed by atoms with E-state index in [0.717, 1.165) is 5.56 Å². The third kappa shape index (κ3) is 6.04. The van der Waals surface area contributed by atoms with Crippen molar-refractivity contribution in [2.75, 3.05) is 6.54 Å². The highest BCUT2D eigenvalue weighted by Crippen LogP contribution is 2.19. The highest BCUT2D eigenvalue weighted by Gasteiger charge is 2.19. The van der Waals surface area contributed by atoms with Crippen LogP contribution in [0.1, 0.15) is 38.9 Å². The van der Waals surface area contributed by atoms with Gasteiger partial charge in [-0.2, -0.15) is 11.3 Å². The van der Waals surface area contributed by atoms with Crippen molar-refractivity contribution in [2.24, 2.45) is 5.73 Å². The third-order valence-corrected chi connectivity index (χ3v) is 3.14. The van der Waals surface area contributed by atoms with Gasteiger partial charge in [-0.25, -0.2) is 4.79 Å². The number of ether oxygens (including phenoxy) is 1. The molecule has 2 unspecified atom stereocenters. The predicted molar refractivity (Wildman–Crippen MR) is 76.1 cm³/mol. The molecule has 1 aromatic rings. The minimum absolute atomic E-state index is 0.372. The molecule has 0 spiro atoms. The van der Waals surface area contributed by atoms with Crippen LogP contribution in [0.5, 0.6) is 0 Å². The molecule has 2 atom stereocenters. The highest BCUT2D eigenvalue weighted by molar-refractivity contribution is 7.07. The van der Waals surface area contributed by atoms with Crippen molar-refractivity contribution in [2.45, 2.75) is 44.9 Å². The quantitative estimate of drug-likeness (QED) is 0.773. The van der Waals surface area contributed by atoms with Gasteiger partial charge < -0.3 is 20.9 Å². The van der Waals surface area contributed by atoms with Gasteiger partial charge in [-0.1, -0.05) is 0 Å². The van der Waals surface area contributed by atoms with Crippen LogP contribution in [0.15, 0.2) is 16.8 Å². The number of carbonyl (C=O) groups excluding carboxylic acids is 1. The van der Waals surface area contributed by atoms with Gasteiger partial charge in [0.05, 0.1) is 6.10 Å². The molecule has 108 valence electrons. The second-order valence-corrected chi connectivity index (χ2v) is 6.16. The van der Waals surface area contributed by atoms with Crippen LogP contribution in [-0.4, -0.2) is 29.4 Å². The summed E-state index contributed by atoms with van der Waals surface area (Å²) < 4.78 is 5.10. The largest absolute Gasteiger partial charge is 0.444 e. The minimum atomic E-state index is -0.702. The van der Waals surface area contributed by atoms with Crippen LogP contribution in [0, 0.1) is 0 Å². The van der Waals surface area contributed by atoms with Crippen LogP contribution >= 0.6 is 11.3 Å². The van der Waals surface area contributed by atoms with Crippen LogP contribution in [0.2, 0.25) is 0 Å². The number of rotatable bonds is 5. The summed E-state index contributed by atoms with van der Waals surface area (Å²) in [7, 11) is 0. The van der Waals surface area contributed by atoms with E-state index >= 15 is 0 Å². The number of thiophene rings is 1. The first-order valence-electron chi connectivity index (χ1n) is 6.22. The monoisotopic (exact) mass is 286 g/mol. The van der Waals surface area contributed by atoms with Gasteiger partial charge in [-0.05, 0) is 49.6 Å². The molecule has 19 heavy (non-hydrogen) atoms. The molecule has 6 heteroatoms. The molecule has 5 nitrogen and oxygen atoms in total. The Morgan fingerprint density at radius 3 is 2.79 bits per heavy atom. The van der Waals surface area contributed by atoms with Crippen LogP contribution in [0.3, 0.4) is 0 Å². The summed E-state index contributed by atoms with van der Waals surface area (Å²) in [6, 6.07) is 1.43. The minimum Gasteiger partial charge on any atom is -0.444 e. The summed E-state index contributed by atoms with van der Waals surface area (Å²) in [6.07, 6.45) is -0.688. The van der Waals surface area contributed by atoms with E-state index in [1.54, 1.807) is 20.8 Å². The molecule has 1 rings (SSSR count). The first kappa shape index (κ1) is 15.9. The zero-order chi connectivity index (χ0) is 14.5. The molecule has 1 amide bonds. The van der Waals surface area contributed by atoms with E-state index < -0.39 is 23.8 Å². The Bertz CT molecular complexity index is 387. The van der Waals surface area contributed by atoms with Crippen molar-refractivity contribution >= 4 is 17.4 Å². The van der Waals surface area contributed by atoms with Crippen LogP contribution in [-0.2, 0) is 4.74 Å². The first-order valence-corrected chi connectivity index (χ1v) is 7.16. The van der Waals surface area contributed by atoms with Crippen LogP contribution in [0.4, 0.5) is 4.79 Å². The summed E-state index contributed by atoms with van der Waals surface area (Å²) in [5.41, 5.74) is 6.19. The Balaban J connectivity index is 2.27. The molecular formula is C13H22N2O3S. The van der Waals surface area contributed by atoms with Gasteiger partial charge in [-0.15, -0.1) is 0 Å². The Morgan fingerprint density at radius 1 is 1.58 bits per heavy atom. The third-order valence-electron chi connectivity index (χ3n) is 2.44. The SMILES string of the molecule is CC(C)(C)OC(=O)NCCC(N)C(O)c1ccsc1. The molecular weight excluding hydrogens is 264 g/mol. The molecule has 0 aliphatic heterocycles. The van der Waals surface area contributed by atoms with Crippen molar-refractivity contribution in [3.63, 3.8) is 0 Å². The summed E-state index contributed by atoms with van der Waals surface area (Å²) in [5, 5.41) is 16.3. The average Bonchev–Trinajstić information content (AvgIpc) is 2.78. The number of carbonyl (C=O) groups is 1. The second kappa shape index (κ2) is 6.88. The molecule has 1 heterocycles. The fourth-order valence-electron chi connectivity index (χ4n) is 1.50. The summed E-state index contributed by atoms with van der Waals surface area (Å²) >= 11 is 1.52. The van der Waals surface area contributed by atoms with Gasteiger partial charge in [0.1, 0.15) is 5.60 Å². The maximum absolute atomic E-state index is 11.4. The van der Waals surface area contributed by atoms with Gasteiger partial charge in [0, 0.05) is 12.6 Å². The molecule has 0 aliphatic rings. The standard InChI is InChI=1S/C13H22N2O3S/c1-13(2,3)18-12(17)15-6-4-10(14)11(16)9-5-7-19-8-9/h5,7-8,10-11,16H,4,6,14H2,1-3H3,(H,15,17).